The van der Waals surface area contributed by atoms with Gasteiger partial charge in [-0.1, -0.05) is 0 Å². The molecule has 2 atom stereocenters. The van der Waals surface area contributed by atoms with Gasteiger partial charge < -0.3 is 14.6 Å². The van der Waals surface area contributed by atoms with Gasteiger partial charge in [0, 0.05) is 4.88 Å². The SMILES string of the molecule is COc1cncc(-c2cc(C)c([C@]3(C)C[S+]([O-])C(C)(C)C(=N)N3)s2)n1. The van der Waals surface area contributed by atoms with Gasteiger partial charge in [0.25, 0.3) is 0 Å². The van der Waals surface area contributed by atoms with Crippen LogP contribution in [0, 0.1) is 12.3 Å². The molecule has 3 rings (SSSR count). The molecule has 8 heteroatoms. The summed E-state index contributed by atoms with van der Waals surface area (Å²) in [4.78, 5) is 10.7. The van der Waals surface area contributed by atoms with Gasteiger partial charge in [0.2, 0.25) is 5.88 Å². The first-order valence-electron chi connectivity index (χ1n) is 7.90. The van der Waals surface area contributed by atoms with Crippen molar-refractivity contribution in [3.8, 4) is 16.5 Å². The number of hydrogen-bond donors (Lipinski definition) is 2. The number of methoxy groups -OCH3 is 1. The highest BCUT2D eigenvalue weighted by Crippen LogP contribution is 2.41. The van der Waals surface area contributed by atoms with Gasteiger partial charge in [-0.2, -0.15) is 0 Å². The largest absolute Gasteiger partial charge is 0.616 e. The predicted molar refractivity (Wildman–Crippen MR) is 102 cm³/mol. The molecule has 25 heavy (non-hydrogen) atoms. The summed E-state index contributed by atoms with van der Waals surface area (Å²) in [6.07, 6.45) is 3.28. The zero-order valence-corrected chi connectivity index (χ0v) is 16.6. The monoisotopic (exact) mass is 378 g/mol. The van der Waals surface area contributed by atoms with Gasteiger partial charge in [-0.25, -0.2) is 4.98 Å². The third-order valence-electron chi connectivity index (χ3n) is 4.48. The Morgan fingerprint density at radius 2 is 2.08 bits per heavy atom. The topological polar surface area (TPSA) is 94.0 Å². The molecule has 0 aromatic carbocycles. The Bertz CT molecular complexity index is 821. The van der Waals surface area contributed by atoms with E-state index in [1.807, 2.05) is 27.7 Å². The van der Waals surface area contributed by atoms with Crippen molar-refractivity contribution in [1.82, 2.24) is 15.3 Å². The Morgan fingerprint density at radius 3 is 2.72 bits per heavy atom. The first-order valence-corrected chi connectivity index (χ1v) is 10.0. The highest BCUT2D eigenvalue weighted by molar-refractivity contribution is 7.93. The van der Waals surface area contributed by atoms with Crippen molar-refractivity contribution < 1.29 is 9.29 Å². The maximum Gasteiger partial charge on any atom is 0.232 e. The van der Waals surface area contributed by atoms with E-state index in [0.717, 1.165) is 21.0 Å². The maximum absolute atomic E-state index is 12.7. The molecule has 1 aliphatic rings. The summed E-state index contributed by atoms with van der Waals surface area (Å²) in [5.41, 5.74) is 1.30. The normalized spacial score (nSPS) is 25.5. The van der Waals surface area contributed by atoms with Crippen molar-refractivity contribution >= 4 is 28.3 Å². The molecule has 134 valence electrons. The van der Waals surface area contributed by atoms with Crippen LogP contribution in [0.25, 0.3) is 10.6 Å². The molecule has 2 N–H and O–H groups in total. The number of amidine groups is 1. The zero-order valence-electron chi connectivity index (χ0n) is 15.0. The van der Waals surface area contributed by atoms with Crippen molar-refractivity contribution in [2.75, 3.05) is 12.9 Å². The van der Waals surface area contributed by atoms with Gasteiger partial charge in [0.05, 0.1) is 24.4 Å². The van der Waals surface area contributed by atoms with E-state index in [-0.39, 0.29) is 0 Å². The van der Waals surface area contributed by atoms with Gasteiger partial charge in [0.15, 0.2) is 10.6 Å². The number of aromatic nitrogens is 2. The van der Waals surface area contributed by atoms with Crippen LogP contribution in [-0.2, 0) is 16.7 Å². The summed E-state index contributed by atoms with van der Waals surface area (Å²) in [5.74, 6) is 1.25. The average molecular weight is 379 g/mol. The second-order valence-corrected chi connectivity index (χ2v) is 9.95. The lowest BCUT2D eigenvalue weighted by atomic mass is 9.97. The Kier molecular flexibility index (Phi) is 4.55. The summed E-state index contributed by atoms with van der Waals surface area (Å²) in [6.45, 7) is 7.73. The second-order valence-electron chi connectivity index (χ2n) is 6.90. The number of thiophene rings is 1. The van der Waals surface area contributed by atoms with Crippen molar-refractivity contribution in [2.24, 2.45) is 0 Å². The summed E-state index contributed by atoms with van der Waals surface area (Å²) in [5, 5.41) is 11.6. The first kappa shape index (κ1) is 18.2. The van der Waals surface area contributed by atoms with E-state index >= 15 is 0 Å². The van der Waals surface area contributed by atoms with Crippen LogP contribution >= 0.6 is 11.3 Å². The van der Waals surface area contributed by atoms with Gasteiger partial charge in [-0.15, -0.1) is 11.3 Å². The zero-order chi connectivity index (χ0) is 18.4. The quantitative estimate of drug-likeness (QED) is 0.801. The molecular formula is C17H22N4O2S2. The number of ether oxygens (including phenoxy) is 1. The van der Waals surface area contributed by atoms with E-state index < -0.39 is 21.5 Å². The van der Waals surface area contributed by atoms with Crippen molar-refractivity contribution in [1.29, 1.82) is 5.41 Å². The molecule has 0 saturated carbocycles. The lowest BCUT2D eigenvalue weighted by Crippen LogP contribution is -2.63. The molecular weight excluding hydrogens is 356 g/mol. The second kappa shape index (κ2) is 6.26. The Balaban J connectivity index is 1.99. The summed E-state index contributed by atoms with van der Waals surface area (Å²) in [6, 6.07) is 2.06. The number of nitrogens with zero attached hydrogens (tertiary/aromatic N) is 2. The highest BCUT2D eigenvalue weighted by atomic mass is 32.2. The Labute approximate surface area is 154 Å². The van der Waals surface area contributed by atoms with Crippen LogP contribution in [0.3, 0.4) is 0 Å². The van der Waals surface area contributed by atoms with Gasteiger partial charge in [0.1, 0.15) is 17.0 Å². The minimum atomic E-state index is -1.13. The van der Waals surface area contributed by atoms with E-state index in [1.54, 1.807) is 30.8 Å². The minimum absolute atomic E-state index is 0.315. The van der Waals surface area contributed by atoms with Crippen LogP contribution in [0.2, 0.25) is 0 Å². The minimum Gasteiger partial charge on any atom is -0.616 e. The molecule has 6 nitrogen and oxygen atoms in total. The molecule has 0 spiro atoms. The number of aryl methyl sites for hydroxylation is 1. The van der Waals surface area contributed by atoms with Gasteiger partial charge >= 0.3 is 0 Å². The van der Waals surface area contributed by atoms with E-state index in [1.165, 1.54) is 0 Å². The van der Waals surface area contributed by atoms with Gasteiger partial charge in [-0.3, -0.25) is 10.4 Å². The molecule has 0 radical (unpaired) electrons. The molecule has 0 bridgehead atoms. The summed E-state index contributed by atoms with van der Waals surface area (Å²) < 4.78 is 17.2. The fourth-order valence-corrected chi connectivity index (χ4v) is 5.56. The van der Waals surface area contributed by atoms with E-state index in [2.05, 4.69) is 21.4 Å². The van der Waals surface area contributed by atoms with Crippen LogP contribution < -0.4 is 10.1 Å². The van der Waals surface area contributed by atoms with E-state index in [4.69, 9.17) is 10.1 Å². The molecule has 0 aliphatic carbocycles. The predicted octanol–water partition coefficient (Wildman–Crippen LogP) is 2.85. The number of rotatable bonds is 3. The van der Waals surface area contributed by atoms with Crippen LogP contribution in [0.5, 0.6) is 5.88 Å². The fraction of sp³-hybridized carbons (Fsp3) is 0.471. The molecule has 1 unspecified atom stereocenters. The fourth-order valence-electron chi connectivity index (χ4n) is 2.86. The van der Waals surface area contributed by atoms with Crippen LogP contribution in [0.4, 0.5) is 0 Å². The average Bonchev–Trinajstić information content (AvgIpc) is 2.96. The third kappa shape index (κ3) is 3.14. The van der Waals surface area contributed by atoms with E-state index in [9.17, 15) is 4.55 Å². The highest BCUT2D eigenvalue weighted by Gasteiger charge is 2.50. The number of hydrogen-bond acceptors (Lipinski definition) is 6. The number of nitrogens with one attached hydrogen (secondary N) is 2. The van der Waals surface area contributed by atoms with Gasteiger partial charge in [-0.05, 0) is 50.5 Å². The van der Waals surface area contributed by atoms with Crippen molar-refractivity contribution in [3.63, 3.8) is 0 Å². The van der Waals surface area contributed by atoms with Crippen LogP contribution in [-0.4, -0.2) is 38.0 Å². The lowest BCUT2D eigenvalue weighted by Gasteiger charge is -2.44. The van der Waals surface area contributed by atoms with Crippen LogP contribution in [0.1, 0.15) is 31.2 Å². The molecule has 2 aromatic heterocycles. The molecule has 1 fully saturated rings. The molecule has 0 amide bonds. The summed E-state index contributed by atoms with van der Waals surface area (Å²) in [7, 11) is 1.56. The molecule has 1 saturated heterocycles. The standard InChI is InChI=1S/C17H22N4O2S2/c1-10-6-12(11-7-19-8-13(20-11)23-5)24-14(10)17(4)9-25(22)16(2,3)15(18)21-17/h6-8H,9H2,1-5H3,(H2,18,21)/t17-,25?/m0/s1. The maximum atomic E-state index is 12.7. The Hall–Kier alpha value is -1.64. The Morgan fingerprint density at radius 1 is 1.36 bits per heavy atom. The lowest BCUT2D eigenvalue weighted by molar-refractivity contribution is 0.396. The van der Waals surface area contributed by atoms with Crippen molar-refractivity contribution in [3.05, 3.63) is 28.9 Å². The molecule has 2 aromatic rings. The van der Waals surface area contributed by atoms with E-state index in [0.29, 0.717) is 17.5 Å². The smallest absolute Gasteiger partial charge is 0.232 e. The van der Waals surface area contributed by atoms with Crippen molar-refractivity contribution in [2.45, 2.75) is 38.0 Å². The van der Waals surface area contributed by atoms with Crippen LogP contribution in [0.15, 0.2) is 18.5 Å². The molecule has 3 heterocycles. The first-order chi connectivity index (χ1) is 11.7. The molecule has 1 aliphatic heterocycles. The summed E-state index contributed by atoms with van der Waals surface area (Å²) >= 11 is 0.462. The third-order valence-corrected chi connectivity index (χ3v) is 8.19.